The fourth-order valence-electron chi connectivity index (χ4n) is 2.41. The van der Waals surface area contributed by atoms with Crippen LogP contribution in [0.5, 0.6) is 11.5 Å². The van der Waals surface area contributed by atoms with E-state index in [-0.39, 0.29) is 18.5 Å². The lowest BCUT2D eigenvalue weighted by atomic mass is 10.3. The first kappa shape index (κ1) is 19.8. The Hall–Kier alpha value is -3.94. The highest BCUT2D eigenvalue weighted by Crippen LogP contribution is 2.17. The number of furan rings is 1. The molecule has 8 nitrogen and oxygen atoms in total. The van der Waals surface area contributed by atoms with Crippen LogP contribution in [-0.2, 0) is 11.3 Å². The molecule has 0 atom stereocenters. The molecule has 29 heavy (non-hydrogen) atoms. The van der Waals surface area contributed by atoms with Crippen molar-refractivity contribution in [3.63, 3.8) is 0 Å². The summed E-state index contributed by atoms with van der Waals surface area (Å²) in [5.74, 6) is 1.65. The van der Waals surface area contributed by atoms with E-state index in [1.54, 1.807) is 74.0 Å². The van der Waals surface area contributed by atoms with Gasteiger partial charge in [-0.25, -0.2) is 4.79 Å². The molecule has 0 spiro atoms. The molecule has 0 saturated carbocycles. The third kappa shape index (κ3) is 6.31. The predicted molar refractivity (Wildman–Crippen MR) is 108 cm³/mol. The molecular weight excluding hydrogens is 374 g/mol. The molecule has 1 aromatic heterocycles. The molecular formula is C21H21N3O5. The topological polar surface area (TPSA) is 102 Å². The molecule has 3 amide bonds. The van der Waals surface area contributed by atoms with Gasteiger partial charge >= 0.3 is 6.03 Å². The van der Waals surface area contributed by atoms with Crippen LogP contribution in [0.4, 0.5) is 16.2 Å². The van der Waals surface area contributed by atoms with E-state index in [0.29, 0.717) is 35.2 Å². The first-order valence-corrected chi connectivity index (χ1v) is 8.86. The van der Waals surface area contributed by atoms with Crippen LogP contribution in [0, 0.1) is 0 Å². The quantitative estimate of drug-likeness (QED) is 0.541. The molecule has 3 rings (SSSR count). The largest absolute Gasteiger partial charge is 0.497 e. The number of ether oxygens (including phenoxy) is 2. The van der Waals surface area contributed by atoms with E-state index in [0.717, 1.165) is 0 Å². The van der Waals surface area contributed by atoms with Gasteiger partial charge in [0.15, 0.2) is 6.61 Å². The standard InChI is InChI=1S/C21H21N3O5/c1-27-17-8-10-18(11-9-17)29-14-20(25)23-15-4-6-16(7-5-15)24-21(26)22-13-19-3-2-12-28-19/h2-12H,13-14H2,1H3,(H,23,25)(H2,22,24,26). The van der Waals surface area contributed by atoms with E-state index in [2.05, 4.69) is 16.0 Å². The zero-order valence-electron chi connectivity index (χ0n) is 15.8. The van der Waals surface area contributed by atoms with Gasteiger partial charge in [-0.1, -0.05) is 0 Å². The molecule has 8 heteroatoms. The Morgan fingerprint density at radius 2 is 1.55 bits per heavy atom. The molecule has 150 valence electrons. The summed E-state index contributed by atoms with van der Waals surface area (Å²) in [5, 5.41) is 8.11. The van der Waals surface area contributed by atoms with E-state index >= 15 is 0 Å². The highest BCUT2D eigenvalue weighted by atomic mass is 16.5. The average molecular weight is 395 g/mol. The van der Waals surface area contributed by atoms with Crippen molar-refractivity contribution < 1.29 is 23.5 Å². The Kier molecular flexibility index (Phi) is 6.72. The van der Waals surface area contributed by atoms with E-state index in [4.69, 9.17) is 13.9 Å². The molecule has 3 N–H and O–H groups in total. The number of methoxy groups -OCH3 is 1. The minimum absolute atomic E-state index is 0.123. The number of hydrogen-bond donors (Lipinski definition) is 3. The van der Waals surface area contributed by atoms with Gasteiger partial charge in [0.2, 0.25) is 0 Å². The SMILES string of the molecule is COc1ccc(OCC(=O)Nc2ccc(NC(=O)NCc3ccco3)cc2)cc1. The average Bonchev–Trinajstić information content (AvgIpc) is 3.26. The van der Waals surface area contributed by atoms with Crippen LogP contribution >= 0.6 is 0 Å². The van der Waals surface area contributed by atoms with E-state index in [1.807, 2.05) is 0 Å². The summed E-state index contributed by atoms with van der Waals surface area (Å²) in [6.45, 7) is 0.169. The van der Waals surface area contributed by atoms with Crippen LogP contribution in [0.25, 0.3) is 0 Å². The van der Waals surface area contributed by atoms with Crippen LogP contribution in [0.1, 0.15) is 5.76 Å². The van der Waals surface area contributed by atoms with Crippen molar-refractivity contribution >= 4 is 23.3 Å². The Morgan fingerprint density at radius 1 is 0.897 bits per heavy atom. The van der Waals surface area contributed by atoms with Gasteiger partial charge in [-0.05, 0) is 60.7 Å². The number of hydrogen-bond acceptors (Lipinski definition) is 5. The normalized spacial score (nSPS) is 10.1. The van der Waals surface area contributed by atoms with Crippen LogP contribution < -0.4 is 25.4 Å². The molecule has 0 radical (unpaired) electrons. The zero-order valence-corrected chi connectivity index (χ0v) is 15.8. The van der Waals surface area contributed by atoms with Gasteiger partial charge in [0.05, 0.1) is 19.9 Å². The lowest BCUT2D eigenvalue weighted by molar-refractivity contribution is -0.118. The van der Waals surface area contributed by atoms with Gasteiger partial charge in [-0.15, -0.1) is 0 Å². The van der Waals surface area contributed by atoms with Gasteiger partial charge in [0.1, 0.15) is 17.3 Å². The maximum atomic E-state index is 12.0. The third-order valence-corrected chi connectivity index (χ3v) is 3.86. The van der Waals surface area contributed by atoms with E-state index in [1.165, 1.54) is 0 Å². The number of carbonyl (C=O) groups excluding carboxylic acids is 2. The van der Waals surface area contributed by atoms with Crippen molar-refractivity contribution in [2.75, 3.05) is 24.4 Å². The van der Waals surface area contributed by atoms with Gasteiger partial charge in [-0.2, -0.15) is 0 Å². The number of nitrogens with one attached hydrogen (secondary N) is 3. The van der Waals surface area contributed by atoms with Gasteiger partial charge in [0, 0.05) is 11.4 Å². The van der Waals surface area contributed by atoms with Crippen molar-refractivity contribution in [3.05, 3.63) is 72.7 Å². The number of urea groups is 1. The summed E-state index contributed by atoms with van der Waals surface area (Å²) in [5.41, 5.74) is 1.18. The van der Waals surface area contributed by atoms with E-state index < -0.39 is 0 Å². The summed E-state index contributed by atoms with van der Waals surface area (Å²) >= 11 is 0. The number of rotatable bonds is 8. The first-order chi connectivity index (χ1) is 14.1. The van der Waals surface area contributed by atoms with Crippen LogP contribution in [0.15, 0.2) is 71.3 Å². The summed E-state index contributed by atoms with van der Waals surface area (Å²) in [4.78, 5) is 23.9. The molecule has 0 fully saturated rings. The Bertz CT molecular complexity index is 922. The van der Waals surface area contributed by atoms with Crippen LogP contribution in [-0.4, -0.2) is 25.7 Å². The second-order valence-corrected chi connectivity index (χ2v) is 5.98. The molecule has 2 aromatic carbocycles. The molecule has 3 aromatic rings. The van der Waals surface area contributed by atoms with Crippen molar-refractivity contribution in [2.45, 2.75) is 6.54 Å². The van der Waals surface area contributed by atoms with Crippen molar-refractivity contribution in [2.24, 2.45) is 0 Å². The predicted octanol–water partition coefficient (Wildman–Crippen LogP) is 3.63. The molecule has 0 aliphatic carbocycles. The number of carbonyl (C=O) groups is 2. The maximum Gasteiger partial charge on any atom is 0.319 e. The van der Waals surface area contributed by atoms with Crippen LogP contribution in [0.3, 0.4) is 0 Å². The van der Waals surface area contributed by atoms with Gasteiger partial charge in [-0.3, -0.25) is 4.79 Å². The fourth-order valence-corrected chi connectivity index (χ4v) is 2.41. The lowest BCUT2D eigenvalue weighted by Gasteiger charge is -2.10. The minimum Gasteiger partial charge on any atom is -0.497 e. The minimum atomic E-state index is -0.355. The van der Waals surface area contributed by atoms with Crippen molar-refractivity contribution in [1.29, 1.82) is 0 Å². The third-order valence-electron chi connectivity index (χ3n) is 3.86. The lowest BCUT2D eigenvalue weighted by Crippen LogP contribution is -2.28. The molecule has 0 saturated heterocycles. The van der Waals surface area contributed by atoms with Crippen molar-refractivity contribution in [3.8, 4) is 11.5 Å². The highest BCUT2D eigenvalue weighted by Gasteiger charge is 2.06. The molecule has 0 bridgehead atoms. The van der Waals surface area contributed by atoms with Gasteiger partial charge < -0.3 is 29.8 Å². The maximum absolute atomic E-state index is 12.0. The fraction of sp³-hybridized carbons (Fsp3) is 0.143. The summed E-state index contributed by atoms with van der Waals surface area (Å²) < 4.78 is 15.6. The summed E-state index contributed by atoms with van der Waals surface area (Å²) in [6.07, 6.45) is 1.55. The van der Waals surface area contributed by atoms with Crippen molar-refractivity contribution in [1.82, 2.24) is 5.32 Å². The Morgan fingerprint density at radius 3 is 2.17 bits per heavy atom. The molecule has 0 aliphatic heterocycles. The first-order valence-electron chi connectivity index (χ1n) is 8.86. The number of anilines is 2. The Balaban J connectivity index is 1.41. The summed E-state index contributed by atoms with van der Waals surface area (Å²) in [6, 6.07) is 16.9. The van der Waals surface area contributed by atoms with Crippen LogP contribution in [0.2, 0.25) is 0 Å². The Labute approximate surface area is 167 Å². The smallest absolute Gasteiger partial charge is 0.319 e. The molecule has 0 aliphatic rings. The second-order valence-electron chi connectivity index (χ2n) is 5.98. The monoisotopic (exact) mass is 395 g/mol. The number of benzene rings is 2. The zero-order chi connectivity index (χ0) is 20.5. The van der Waals surface area contributed by atoms with E-state index in [9.17, 15) is 9.59 Å². The highest BCUT2D eigenvalue weighted by molar-refractivity contribution is 5.93. The number of amides is 3. The molecule has 0 unspecified atom stereocenters. The second kappa shape index (κ2) is 9.84. The molecule has 1 heterocycles. The summed E-state index contributed by atoms with van der Waals surface area (Å²) in [7, 11) is 1.58. The van der Waals surface area contributed by atoms with Gasteiger partial charge in [0.25, 0.3) is 5.91 Å².